The summed E-state index contributed by atoms with van der Waals surface area (Å²) in [5.41, 5.74) is 0. The predicted molar refractivity (Wildman–Crippen MR) is 93.6 cm³/mol. The SMILES string of the molecule is FC(F)(F)C#CC(F)(F)F.FC(F)(F)[C](=[Mo])[C-](N1CC=CC=C1[S-])C(F)(F)F.c1cc[cH-]c1. The summed E-state index contributed by atoms with van der Waals surface area (Å²) in [6.45, 7) is -0.334. The Morgan fingerprint density at radius 2 is 1.36 bits per heavy atom. The van der Waals surface area contributed by atoms with E-state index in [1.54, 1.807) is 0 Å². The van der Waals surface area contributed by atoms with Gasteiger partial charge in [-0.25, -0.2) is 12.1 Å². The Morgan fingerprint density at radius 3 is 1.64 bits per heavy atom. The van der Waals surface area contributed by atoms with E-state index >= 15 is 0 Å². The number of halogens is 12. The molecule has 0 aliphatic carbocycles. The summed E-state index contributed by atoms with van der Waals surface area (Å²) in [7, 11) is 0. The molecule has 0 atom stereocenters. The topological polar surface area (TPSA) is 3.24 Å². The molecule has 0 N–H and O–H groups in total. The van der Waals surface area contributed by atoms with E-state index in [0.717, 1.165) is 6.08 Å². The van der Waals surface area contributed by atoms with Crippen molar-refractivity contribution in [3.63, 3.8) is 0 Å². The van der Waals surface area contributed by atoms with Crippen LogP contribution in [0.2, 0.25) is 0 Å². The van der Waals surface area contributed by atoms with Gasteiger partial charge in [0.05, 0.1) is 0 Å². The smallest absolute Gasteiger partial charge is 0.172 e. The fourth-order valence-corrected chi connectivity index (χ4v) is 2.50. The summed E-state index contributed by atoms with van der Waals surface area (Å²) >= 11 is 4.94. The summed E-state index contributed by atoms with van der Waals surface area (Å²) in [6.07, 6.45) is -16.5. The Hall–Kier alpha value is -1.87. The molecule has 186 valence electrons. The van der Waals surface area contributed by atoms with Crippen molar-refractivity contribution in [1.82, 2.24) is 4.90 Å². The Labute approximate surface area is 196 Å². The predicted octanol–water partition coefficient (Wildman–Crippen LogP) is 6.14. The maximum atomic E-state index is 12.8. The second-order valence-electron chi connectivity index (χ2n) is 5.42. The number of allylic oxidation sites excluding steroid dienone is 2. The molecular formula is C18H10F12MoNS-3. The van der Waals surface area contributed by atoms with Gasteiger partial charge in [-0.3, -0.25) is 0 Å². The minimum absolute atomic E-state index is 0.0868. The van der Waals surface area contributed by atoms with E-state index in [1.807, 2.05) is 30.3 Å². The zero-order chi connectivity index (χ0) is 26.1. The van der Waals surface area contributed by atoms with E-state index in [-0.39, 0.29) is 23.4 Å². The first-order chi connectivity index (χ1) is 14.8. The second kappa shape index (κ2) is 12.6. The van der Waals surface area contributed by atoms with Gasteiger partial charge in [0.2, 0.25) is 0 Å². The molecule has 0 radical (unpaired) electrons. The zero-order valence-electron chi connectivity index (χ0n) is 15.6. The van der Waals surface area contributed by atoms with Crippen molar-refractivity contribution in [2.24, 2.45) is 0 Å². The first-order valence-corrected chi connectivity index (χ1v) is 9.38. The minimum atomic E-state index is -5.12. The molecule has 2 rings (SSSR count). The molecule has 1 aliphatic rings. The molecule has 0 spiro atoms. The molecule has 0 amide bonds. The van der Waals surface area contributed by atoms with Crippen molar-refractivity contribution in [2.45, 2.75) is 24.7 Å². The van der Waals surface area contributed by atoms with Gasteiger partial charge in [0, 0.05) is 11.8 Å². The summed E-state index contributed by atoms with van der Waals surface area (Å²) in [5, 5.41) is -0.296. The average molecular weight is 596 g/mol. The molecule has 0 fully saturated rings. The van der Waals surface area contributed by atoms with Crippen molar-refractivity contribution < 1.29 is 72.0 Å². The van der Waals surface area contributed by atoms with Gasteiger partial charge in [-0.1, -0.05) is 0 Å². The fourth-order valence-electron chi connectivity index (χ4n) is 1.70. The third-order valence-electron chi connectivity index (χ3n) is 2.84. The standard InChI is InChI=1S/C9H6F6NS.C5H5.C4F6.Mo/c10-8(11,12)5-6(9(13,14)15)16-4-2-1-3-7(16)17;1-2-4-5-3-1;5-3(6,7)1-2-4(8,9)10;/h1-3,17H,4H2;1-5H;;/q2*-1;;/p-1. The van der Waals surface area contributed by atoms with Crippen LogP contribution in [0.25, 0.3) is 0 Å². The molecule has 0 saturated heterocycles. The molecule has 1 heterocycles. The van der Waals surface area contributed by atoms with Gasteiger partial charge in [0.25, 0.3) is 0 Å². The van der Waals surface area contributed by atoms with Crippen LogP contribution in [0, 0.1) is 17.9 Å². The number of hydrogen-bond donors (Lipinski definition) is 0. The largest absolute Gasteiger partial charge is 0.214 e. The van der Waals surface area contributed by atoms with E-state index in [1.165, 1.54) is 12.2 Å². The van der Waals surface area contributed by atoms with Gasteiger partial charge < -0.3 is 0 Å². The van der Waals surface area contributed by atoms with Crippen molar-refractivity contribution >= 4 is 16.5 Å². The van der Waals surface area contributed by atoms with Crippen LogP contribution in [0.4, 0.5) is 52.7 Å². The normalized spacial score (nSPS) is 14.2. The van der Waals surface area contributed by atoms with Crippen LogP contribution < -0.4 is 0 Å². The Bertz CT molecular complexity index is 813. The first-order valence-electron chi connectivity index (χ1n) is 7.97. The Morgan fingerprint density at radius 1 is 0.909 bits per heavy atom. The fraction of sp³-hybridized carbons (Fsp3) is 0.278. The molecular weight excluding hydrogens is 586 g/mol. The maximum Gasteiger partial charge on any atom is -0.172 e. The maximum absolute atomic E-state index is 12.8. The summed E-state index contributed by atoms with van der Waals surface area (Å²) in [5.74, 6) is 0.174. The third kappa shape index (κ3) is 14.1. The molecule has 0 saturated carbocycles. The monoisotopic (exact) mass is 598 g/mol. The van der Waals surface area contributed by atoms with Gasteiger partial charge in [-0.05, 0) is 0 Å². The quantitative estimate of drug-likeness (QED) is 0.133. The van der Waals surface area contributed by atoms with Gasteiger partial charge in [-0.2, -0.15) is 44.5 Å². The van der Waals surface area contributed by atoms with Crippen LogP contribution in [-0.2, 0) is 32.0 Å². The van der Waals surface area contributed by atoms with Crippen molar-refractivity contribution in [3.05, 3.63) is 59.6 Å². The van der Waals surface area contributed by atoms with Crippen molar-refractivity contribution in [1.29, 1.82) is 0 Å². The molecule has 0 aromatic heterocycles. The minimum Gasteiger partial charge on any atom is -0.214 e. The molecule has 33 heavy (non-hydrogen) atoms. The van der Waals surface area contributed by atoms with Crippen LogP contribution in [0.15, 0.2) is 53.6 Å². The molecule has 0 unspecified atom stereocenters. The third-order valence-corrected chi connectivity index (χ3v) is 4.24. The molecule has 1 nitrogen and oxygen atoms in total. The van der Waals surface area contributed by atoms with Crippen LogP contribution >= 0.6 is 0 Å². The number of rotatable bonds is 2. The van der Waals surface area contributed by atoms with Crippen LogP contribution in [0.1, 0.15) is 0 Å². The summed E-state index contributed by atoms with van der Waals surface area (Å²) < 4.78 is 139. The van der Waals surface area contributed by atoms with Gasteiger partial charge in [-0.15, -0.1) is 0 Å². The van der Waals surface area contributed by atoms with Crippen LogP contribution in [0.5, 0.6) is 0 Å². The second-order valence-corrected chi connectivity index (χ2v) is 6.85. The van der Waals surface area contributed by atoms with E-state index in [4.69, 9.17) is 0 Å². The molecule has 15 heteroatoms. The molecule has 1 aromatic carbocycles. The van der Waals surface area contributed by atoms with E-state index in [2.05, 4.69) is 12.6 Å². The molecule has 1 aromatic rings. The summed E-state index contributed by atoms with van der Waals surface area (Å²) in [6, 6.07) is 8.24. The first kappa shape index (κ1) is 31.1. The summed E-state index contributed by atoms with van der Waals surface area (Å²) in [4.78, 5) is 0.431. The van der Waals surface area contributed by atoms with Gasteiger partial charge in [0.15, 0.2) is 0 Å². The number of nitrogens with zero attached hydrogens (tertiary/aromatic N) is 1. The molecule has 1 aliphatic heterocycles. The van der Waals surface area contributed by atoms with E-state index in [0.29, 0.717) is 24.3 Å². The number of hydrogen-bond acceptors (Lipinski definition) is 2. The van der Waals surface area contributed by atoms with Crippen LogP contribution in [-0.4, -0.2) is 40.0 Å². The van der Waals surface area contributed by atoms with Crippen molar-refractivity contribution in [2.75, 3.05) is 6.54 Å². The number of alkyl halides is 12. The van der Waals surface area contributed by atoms with Gasteiger partial charge in [0.1, 0.15) is 0 Å². The van der Waals surface area contributed by atoms with E-state index in [9.17, 15) is 52.7 Å². The van der Waals surface area contributed by atoms with Crippen LogP contribution in [0.3, 0.4) is 0 Å². The van der Waals surface area contributed by atoms with E-state index < -0.39 is 34.6 Å². The molecule has 0 bridgehead atoms. The average Bonchev–Trinajstić information content (AvgIpc) is 3.19. The van der Waals surface area contributed by atoms with Crippen molar-refractivity contribution in [3.8, 4) is 11.8 Å². The Balaban J connectivity index is 0.000000566. The zero-order valence-corrected chi connectivity index (χ0v) is 18.4. The van der Waals surface area contributed by atoms with Gasteiger partial charge >= 0.3 is 128 Å². The Kier molecular flexibility index (Phi) is 11.8.